The average molecular weight is 557 g/mol. The van der Waals surface area contributed by atoms with E-state index in [4.69, 9.17) is 5.11 Å². The standard InChI is InChI=1S/C26H24N4O8.ClH/c1-2-21-28(24(35)36)19-8-5-17-15-20(19)30(21,25(37)38)29(17)26(23(34)16-3-6-18(31)7-4-16)10-13-27(14-11-26)12-9-22(32)33;/h3-8,10-11,13-15,21H,2,9,12H2,1H3,(H3-,31,32,33,34,35,36,37,38);1H. The predicted molar refractivity (Wildman–Crippen MR) is 136 cm³/mol. The Kier molecular flexibility index (Phi) is 6.79. The van der Waals surface area contributed by atoms with E-state index in [-0.39, 0.29) is 54.5 Å². The van der Waals surface area contributed by atoms with Gasteiger partial charge in [-0.1, -0.05) is 11.5 Å². The molecule has 2 aromatic carbocycles. The number of carboxylic acid groups (broad SMARTS) is 3. The second kappa shape index (κ2) is 9.64. The number of anilines is 2. The van der Waals surface area contributed by atoms with Crippen molar-refractivity contribution in [2.45, 2.75) is 31.5 Å². The first-order valence-corrected chi connectivity index (χ1v) is 11.9. The number of phenolic OH excluding ortho intramolecular Hbond substituents is 1. The molecule has 0 spiro atoms. The number of hydrogen-bond acceptors (Lipinski definition) is 7. The molecule has 13 heteroatoms. The summed E-state index contributed by atoms with van der Waals surface area (Å²) in [7, 11) is 0. The van der Waals surface area contributed by atoms with Crippen LogP contribution in [0.5, 0.6) is 5.75 Å². The van der Waals surface area contributed by atoms with Gasteiger partial charge in [-0.2, -0.15) is 9.80 Å². The van der Waals surface area contributed by atoms with Crippen LogP contribution in [0.2, 0.25) is 0 Å². The molecular formula is C26H25ClN4O8. The SMILES string of the molecule is CCC1N(C(=O)O)c2ccc3cc2[N+]1(C(=O)O)N3C1(C(=O)c2ccc(O)cc2)C=CN(CCC(=O)O)C=C1.[Cl-]. The summed E-state index contributed by atoms with van der Waals surface area (Å²) < 4.78 is -0.964. The highest BCUT2D eigenvalue weighted by Crippen LogP contribution is 2.57. The number of benzene rings is 2. The topological polar surface area (TPSA) is 159 Å². The summed E-state index contributed by atoms with van der Waals surface area (Å²) in [5.74, 6) is -1.58. The van der Waals surface area contributed by atoms with E-state index in [2.05, 4.69) is 0 Å². The van der Waals surface area contributed by atoms with Crippen LogP contribution in [0.15, 0.2) is 67.0 Å². The number of hydrogen-bond donors (Lipinski definition) is 4. The summed E-state index contributed by atoms with van der Waals surface area (Å²) in [4.78, 5) is 53.5. The van der Waals surface area contributed by atoms with Crippen molar-refractivity contribution in [3.05, 3.63) is 72.6 Å². The third kappa shape index (κ3) is 3.79. The zero-order valence-corrected chi connectivity index (χ0v) is 21.4. The van der Waals surface area contributed by atoms with Gasteiger partial charge in [-0.25, -0.2) is 9.69 Å². The number of aliphatic carboxylic acids is 1. The Morgan fingerprint density at radius 2 is 1.62 bits per heavy atom. The van der Waals surface area contributed by atoms with Crippen LogP contribution in [0, 0.1) is 0 Å². The van der Waals surface area contributed by atoms with E-state index in [1.54, 1.807) is 30.0 Å². The number of carbonyl (C=O) groups is 4. The summed E-state index contributed by atoms with van der Waals surface area (Å²) in [6, 6.07) is 10.2. The van der Waals surface area contributed by atoms with Crippen molar-refractivity contribution in [3.63, 3.8) is 0 Å². The van der Waals surface area contributed by atoms with E-state index in [9.17, 15) is 34.5 Å². The van der Waals surface area contributed by atoms with Crippen molar-refractivity contribution < 1.29 is 52.0 Å². The van der Waals surface area contributed by atoms with Crippen molar-refractivity contribution in [1.82, 2.24) is 9.49 Å². The molecule has 4 N–H and O–H groups in total. The summed E-state index contributed by atoms with van der Waals surface area (Å²) in [5.41, 5.74) is -0.726. The molecule has 39 heavy (non-hydrogen) atoms. The van der Waals surface area contributed by atoms with Crippen molar-refractivity contribution in [1.29, 1.82) is 0 Å². The summed E-state index contributed by atoms with van der Waals surface area (Å²) in [6.45, 7) is 1.80. The molecule has 0 saturated carbocycles. The van der Waals surface area contributed by atoms with Crippen LogP contribution in [-0.4, -0.2) is 67.5 Å². The van der Waals surface area contributed by atoms with Crippen LogP contribution in [0.1, 0.15) is 30.1 Å². The number of halogens is 1. The molecule has 2 bridgehead atoms. The van der Waals surface area contributed by atoms with Gasteiger partial charge in [-0.05, 0) is 48.6 Å². The van der Waals surface area contributed by atoms with Gasteiger partial charge in [0.05, 0.1) is 12.1 Å². The molecule has 0 aliphatic carbocycles. The van der Waals surface area contributed by atoms with Gasteiger partial charge in [0.15, 0.2) is 11.2 Å². The molecular weight excluding hydrogens is 532 g/mol. The fourth-order valence-electron chi connectivity index (χ4n) is 5.63. The van der Waals surface area contributed by atoms with Gasteiger partial charge < -0.3 is 37.7 Å². The predicted octanol–water partition coefficient (Wildman–Crippen LogP) is 0.790. The van der Waals surface area contributed by atoms with Crippen LogP contribution in [0.4, 0.5) is 26.7 Å². The van der Waals surface area contributed by atoms with E-state index >= 15 is 0 Å². The number of quaternary nitrogens is 1. The molecule has 3 heterocycles. The molecule has 0 fully saturated rings. The second-order valence-electron chi connectivity index (χ2n) is 9.21. The first-order chi connectivity index (χ1) is 18.1. The third-order valence-electron chi connectivity index (χ3n) is 7.21. The first-order valence-electron chi connectivity index (χ1n) is 11.9. The molecule has 5 rings (SSSR count). The number of phenols is 1. The smallest absolute Gasteiger partial charge is 0.546 e. The number of Topliss-reactive ketones (excluding diaryl/α,β-unsaturated/α-hetero) is 1. The highest BCUT2D eigenvalue weighted by molar-refractivity contribution is 6.13. The number of carboxylic acids is 1. The maximum absolute atomic E-state index is 14.3. The van der Waals surface area contributed by atoms with Crippen LogP contribution in [0.3, 0.4) is 0 Å². The molecule has 12 nitrogen and oxygen atoms in total. The highest BCUT2D eigenvalue weighted by Gasteiger charge is 2.70. The fraction of sp³-hybridized carbons (Fsp3) is 0.231. The van der Waals surface area contributed by atoms with Crippen LogP contribution in [0.25, 0.3) is 0 Å². The lowest BCUT2D eigenvalue weighted by Gasteiger charge is -2.48. The Hall–Kier alpha value is -4.55. The number of fused-ring (bicyclic) bond motifs is 1. The Labute approximate surface area is 228 Å². The van der Waals surface area contributed by atoms with Crippen LogP contribution in [-0.2, 0) is 4.79 Å². The van der Waals surface area contributed by atoms with Crippen molar-refractivity contribution in [2.24, 2.45) is 0 Å². The Morgan fingerprint density at radius 1 is 0.974 bits per heavy atom. The third-order valence-corrected chi connectivity index (χ3v) is 7.21. The maximum Gasteiger partial charge on any atom is 0.546 e. The van der Waals surface area contributed by atoms with Gasteiger partial charge in [0.2, 0.25) is 11.9 Å². The monoisotopic (exact) mass is 556 g/mol. The minimum Gasteiger partial charge on any atom is -1.00 e. The van der Waals surface area contributed by atoms with Gasteiger partial charge >= 0.3 is 18.2 Å². The lowest BCUT2D eigenvalue weighted by atomic mass is 9.86. The zero-order chi connectivity index (χ0) is 27.4. The number of rotatable bonds is 7. The Bertz CT molecular complexity index is 1410. The first kappa shape index (κ1) is 27.5. The molecule has 2 amide bonds. The molecule has 204 valence electrons. The summed E-state index contributed by atoms with van der Waals surface area (Å²) >= 11 is 0. The van der Waals surface area contributed by atoms with E-state index in [0.717, 1.165) is 4.90 Å². The summed E-state index contributed by atoms with van der Waals surface area (Å²) in [5, 5.41) is 41.1. The van der Waals surface area contributed by atoms with Gasteiger partial charge in [0.1, 0.15) is 11.4 Å². The Balaban J connectivity index is 0.00000353. The lowest BCUT2D eigenvalue weighted by Crippen LogP contribution is -3.00. The van der Waals surface area contributed by atoms with Gasteiger partial charge in [0.25, 0.3) is 0 Å². The minimum atomic E-state index is -1.75. The second-order valence-corrected chi connectivity index (χ2v) is 9.21. The minimum absolute atomic E-state index is 0. The van der Waals surface area contributed by atoms with Crippen molar-refractivity contribution >= 4 is 41.0 Å². The zero-order valence-electron chi connectivity index (χ0n) is 20.6. The molecule has 2 aromatic rings. The van der Waals surface area contributed by atoms with Crippen LogP contribution < -0.4 is 26.9 Å². The molecule has 0 aromatic heterocycles. The molecule has 3 aliphatic heterocycles. The molecule has 3 aliphatic rings. The van der Waals surface area contributed by atoms with Crippen LogP contribution >= 0.6 is 0 Å². The van der Waals surface area contributed by atoms with Gasteiger partial charge in [0, 0.05) is 37.0 Å². The molecule has 0 saturated heterocycles. The number of carbonyl (C=O) groups excluding carboxylic acids is 1. The van der Waals surface area contributed by atoms with E-state index in [1.807, 2.05) is 0 Å². The number of ketones is 1. The lowest BCUT2D eigenvalue weighted by molar-refractivity contribution is -0.137. The molecule has 0 radical (unpaired) electrons. The Morgan fingerprint density at radius 3 is 2.15 bits per heavy atom. The number of nitrogens with zero attached hydrogens (tertiary/aromatic N) is 4. The molecule has 2 unspecified atom stereocenters. The van der Waals surface area contributed by atoms with E-state index in [0.29, 0.717) is 5.69 Å². The fourth-order valence-corrected chi connectivity index (χ4v) is 5.63. The number of aromatic hydroxyl groups is 1. The van der Waals surface area contributed by atoms with Crippen molar-refractivity contribution in [2.75, 3.05) is 16.5 Å². The van der Waals surface area contributed by atoms with E-state index < -0.39 is 40.2 Å². The number of amides is 2. The normalized spacial score (nSPS) is 21.6. The van der Waals surface area contributed by atoms with Gasteiger partial charge in [-0.15, -0.1) is 0 Å². The summed E-state index contributed by atoms with van der Waals surface area (Å²) in [6.07, 6.45) is 2.21. The maximum atomic E-state index is 14.3. The quantitative estimate of drug-likeness (QED) is 0.284. The van der Waals surface area contributed by atoms with Crippen molar-refractivity contribution in [3.8, 4) is 5.75 Å². The average Bonchev–Trinajstić information content (AvgIpc) is 3.33. The highest BCUT2D eigenvalue weighted by atomic mass is 35.5. The largest absolute Gasteiger partial charge is 1.00 e. The van der Waals surface area contributed by atoms with Gasteiger partial charge in [-0.3, -0.25) is 9.59 Å². The molecule has 2 atom stereocenters. The van der Waals surface area contributed by atoms with E-state index in [1.165, 1.54) is 53.8 Å².